The van der Waals surface area contributed by atoms with Crippen LogP contribution in [0.2, 0.25) is 0 Å². The maximum Gasteiger partial charge on any atom is 0.323 e. The Kier molecular flexibility index (Phi) is 9.10. The molecule has 2 atom stereocenters. The molecule has 0 aromatic carbocycles. The molecule has 0 unspecified atom stereocenters. The first-order chi connectivity index (χ1) is 10.7. The van der Waals surface area contributed by atoms with E-state index in [1.807, 2.05) is 21.5 Å². The number of nitrogens with one attached hydrogen (secondary N) is 4. The summed E-state index contributed by atoms with van der Waals surface area (Å²) in [6.07, 6.45) is -0.569. The summed E-state index contributed by atoms with van der Waals surface area (Å²) in [6.45, 7) is -0.690. The SMILES string of the molecule is NC(=O)C[C@H](NC(=O)NCC(=O)O)C(=O)NNC(=O)[C@@H](N)CS. The Balaban J connectivity index is 4.60. The highest BCUT2D eigenvalue weighted by Crippen LogP contribution is 1.92. The second kappa shape index (κ2) is 10.2. The summed E-state index contributed by atoms with van der Waals surface area (Å²) < 4.78 is 0. The number of aliphatic carboxylic acids is 1. The maximum atomic E-state index is 11.8. The molecule has 23 heavy (non-hydrogen) atoms. The normalized spacial score (nSPS) is 12.4. The molecule has 9 N–H and O–H groups in total. The zero-order valence-corrected chi connectivity index (χ0v) is 12.8. The van der Waals surface area contributed by atoms with Gasteiger partial charge in [-0.2, -0.15) is 12.6 Å². The van der Waals surface area contributed by atoms with Crippen molar-refractivity contribution in [2.75, 3.05) is 12.3 Å². The third kappa shape index (κ3) is 9.15. The summed E-state index contributed by atoms with van der Waals surface area (Å²) in [5.41, 5.74) is 14.2. The molecule has 13 heteroatoms. The van der Waals surface area contributed by atoms with Crippen molar-refractivity contribution < 1.29 is 29.1 Å². The monoisotopic (exact) mass is 350 g/mol. The Hall–Kier alpha value is -2.54. The zero-order chi connectivity index (χ0) is 18.0. The molecule has 0 aromatic heterocycles. The van der Waals surface area contributed by atoms with E-state index in [2.05, 4.69) is 12.6 Å². The van der Waals surface area contributed by atoms with Crippen molar-refractivity contribution in [2.24, 2.45) is 11.5 Å². The summed E-state index contributed by atoms with van der Waals surface area (Å²) in [5.74, 6) is -3.86. The van der Waals surface area contributed by atoms with E-state index in [4.69, 9.17) is 16.6 Å². The number of hydrazine groups is 1. The van der Waals surface area contributed by atoms with Gasteiger partial charge in [-0.25, -0.2) is 4.79 Å². The number of thiol groups is 1. The molecule has 0 aliphatic rings. The maximum absolute atomic E-state index is 11.8. The highest BCUT2D eigenvalue weighted by atomic mass is 32.1. The van der Waals surface area contributed by atoms with Crippen molar-refractivity contribution >= 4 is 42.4 Å². The number of carboxylic acids is 1. The predicted octanol–water partition coefficient (Wildman–Crippen LogP) is -3.98. The van der Waals surface area contributed by atoms with Gasteiger partial charge in [0, 0.05) is 5.75 Å². The Morgan fingerprint density at radius 3 is 2.13 bits per heavy atom. The van der Waals surface area contributed by atoms with Gasteiger partial charge in [0.05, 0.1) is 12.5 Å². The van der Waals surface area contributed by atoms with Gasteiger partial charge in [-0.3, -0.25) is 30.0 Å². The molecule has 0 bridgehead atoms. The summed E-state index contributed by atoms with van der Waals surface area (Å²) in [7, 11) is 0. The first kappa shape index (κ1) is 20.5. The number of nitrogens with two attached hydrogens (primary N) is 2. The van der Waals surface area contributed by atoms with Crippen molar-refractivity contribution in [1.82, 2.24) is 21.5 Å². The van der Waals surface area contributed by atoms with Crippen LogP contribution in [0.1, 0.15) is 6.42 Å². The minimum Gasteiger partial charge on any atom is -0.480 e. The van der Waals surface area contributed by atoms with Crippen LogP contribution < -0.4 is 33.0 Å². The predicted molar refractivity (Wildman–Crippen MR) is 79.9 cm³/mol. The number of carbonyl (C=O) groups excluding carboxylic acids is 4. The molecule has 0 heterocycles. The molecular weight excluding hydrogens is 332 g/mol. The van der Waals surface area contributed by atoms with Crippen molar-refractivity contribution in [3.05, 3.63) is 0 Å². The smallest absolute Gasteiger partial charge is 0.323 e. The topological polar surface area (TPSA) is 206 Å². The average molecular weight is 350 g/mol. The molecule has 5 amide bonds. The first-order valence-electron chi connectivity index (χ1n) is 6.18. The Bertz CT molecular complexity index is 486. The Morgan fingerprint density at radius 2 is 1.65 bits per heavy atom. The van der Waals surface area contributed by atoms with Crippen LogP contribution in [-0.4, -0.2) is 59.2 Å². The minimum atomic E-state index is -1.42. The molecule has 130 valence electrons. The zero-order valence-electron chi connectivity index (χ0n) is 11.9. The standard InChI is InChI=1S/C10H18N6O6S/c11-4(3-23)8(20)15-16-9(21)5(1-6(12)17)14-10(22)13-2-7(18)19/h4-5,23H,1-3,11H2,(H2,12,17)(H,15,20)(H,16,21)(H,18,19)(H2,13,14,22)/t4-,5-/m0/s1. The third-order valence-corrected chi connectivity index (χ3v) is 2.66. The van der Waals surface area contributed by atoms with Crippen LogP contribution >= 0.6 is 12.6 Å². The van der Waals surface area contributed by atoms with Gasteiger partial charge in [-0.15, -0.1) is 0 Å². The van der Waals surface area contributed by atoms with Gasteiger partial charge >= 0.3 is 12.0 Å². The van der Waals surface area contributed by atoms with Gasteiger partial charge < -0.3 is 27.2 Å². The van der Waals surface area contributed by atoms with Crippen molar-refractivity contribution in [3.8, 4) is 0 Å². The van der Waals surface area contributed by atoms with Gasteiger partial charge in [0.1, 0.15) is 12.6 Å². The number of rotatable bonds is 8. The van der Waals surface area contributed by atoms with Crippen molar-refractivity contribution in [3.63, 3.8) is 0 Å². The minimum absolute atomic E-state index is 0.0300. The Morgan fingerprint density at radius 1 is 1.09 bits per heavy atom. The lowest BCUT2D eigenvalue weighted by Crippen LogP contribution is -2.57. The highest BCUT2D eigenvalue weighted by Gasteiger charge is 2.24. The molecule has 0 aromatic rings. The number of urea groups is 1. The highest BCUT2D eigenvalue weighted by molar-refractivity contribution is 7.80. The third-order valence-electron chi connectivity index (χ3n) is 2.27. The van der Waals surface area contributed by atoms with Crippen molar-refractivity contribution in [2.45, 2.75) is 18.5 Å². The van der Waals surface area contributed by atoms with Crippen LogP contribution in [0.15, 0.2) is 0 Å². The summed E-state index contributed by atoms with van der Waals surface area (Å²) in [5, 5.41) is 12.4. The van der Waals surface area contributed by atoms with Gasteiger partial charge in [0.25, 0.3) is 11.8 Å². The molecule has 12 nitrogen and oxygen atoms in total. The molecular formula is C10H18N6O6S. The first-order valence-corrected chi connectivity index (χ1v) is 6.81. The van der Waals surface area contributed by atoms with E-state index < -0.39 is 54.8 Å². The van der Waals surface area contributed by atoms with Crippen LogP contribution in [0.5, 0.6) is 0 Å². The van der Waals surface area contributed by atoms with E-state index in [1.165, 1.54) is 0 Å². The average Bonchev–Trinajstić information content (AvgIpc) is 2.48. The van der Waals surface area contributed by atoms with E-state index in [0.29, 0.717) is 0 Å². The molecule has 0 aliphatic heterocycles. The van der Waals surface area contributed by atoms with Crippen molar-refractivity contribution in [1.29, 1.82) is 0 Å². The quantitative estimate of drug-likeness (QED) is 0.161. The van der Waals surface area contributed by atoms with E-state index >= 15 is 0 Å². The fraction of sp³-hybridized carbons (Fsp3) is 0.500. The van der Waals surface area contributed by atoms with Crippen LogP contribution in [0.25, 0.3) is 0 Å². The van der Waals surface area contributed by atoms with E-state index in [-0.39, 0.29) is 5.75 Å². The largest absolute Gasteiger partial charge is 0.480 e. The summed E-state index contributed by atoms with van der Waals surface area (Å²) in [4.78, 5) is 55.8. The van der Waals surface area contributed by atoms with Gasteiger partial charge in [-0.1, -0.05) is 0 Å². The molecule has 0 aliphatic carbocycles. The number of amides is 5. The summed E-state index contributed by atoms with van der Waals surface area (Å²) >= 11 is 3.80. The van der Waals surface area contributed by atoms with Crippen LogP contribution in [0.3, 0.4) is 0 Å². The number of hydrogen-bond donors (Lipinski definition) is 8. The molecule has 0 spiro atoms. The molecule has 0 saturated carbocycles. The number of carboxylic acid groups (broad SMARTS) is 1. The molecule has 0 rings (SSSR count). The fourth-order valence-corrected chi connectivity index (χ4v) is 1.33. The van der Waals surface area contributed by atoms with Crippen LogP contribution in [0.4, 0.5) is 4.79 Å². The van der Waals surface area contributed by atoms with E-state index in [9.17, 15) is 24.0 Å². The molecule has 0 fully saturated rings. The number of primary amides is 1. The lowest BCUT2D eigenvalue weighted by Gasteiger charge is -2.18. The Labute approximate surface area is 136 Å². The van der Waals surface area contributed by atoms with Gasteiger partial charge in [0.15, 0.2) is 0 Å². The molecule has 0 saturated heterocycles. The van der Waals surface area contributed by atoms with E-state index in [0.717, 1.165) is 0 Å². The lowest BCUT2D eigenvalue weighted by molar-refractivity contribution is -0.135. The fourth-order valence-electron chi connectivity index (χ4n) is 1.16. The van der Waals surface area contributed by atoms with E-state index in [1.54, 1.807) is 0 Å². The van der Waals surface area contributed by atoms with Gasteiger partial charge in [0.2, 0.25) is 5.91 Å². The second-order valence-corrected chi connectivity index (χ2v) is 4.58. The number of hydrogen-bond acceptors (Lipinski definition) is 7. The summed E-state index contributed by atoms with van der Waals surface area (Å²) in [6, 6.07) is -3.40. The van der Waals surface area contributed by atoms with Crippen LogP contribution in [-0.2, 0) is 19.2 Å². The van der Waals surface area contributed by atoms with Crippen LogP contribution in [0, 0.1) is 0 Å². The van der Waals surface area contributed by atoms with Gasteiger partial charge in [-0.05, 0) is 0 Å². The molecule has 0 radical (unpaired) electrons. The number of carbonyl (C=O) groups is 5. The second-order valence-electron chi connectivity index (χ2n) is 4.21. The lowest BCUT2D eigenvalue weighted by atomic mass is 10.2.